The summed E-state index contributed by atoms with van der Waals surface area (Å²) in [5.41, 5.74) is 1.44. The Hall–Kier alpha value is -2.01. The number of amides is 1. The highest BCUT2D eigenvalue weighted by Crippen LogP contribution is 2.55. The van der Waals surface area contributed by atoms with Gasteiger partial charge in [-0.05, 0) is 93.0 Å². The molecule has 5 nitrogen and oxygen atoms in total. The summed E-state index contributed by atoms with van der Waals surface area (Å²) < 4.78 is 7.42. The second kappa shape index (κ2) is 6.80. The molecule has 4 fully saturated rings. The van der Waals surface area contributed by atoms with Crippen molar-refractivity contribution in [3.8, 4) is 5.75 Å². The normalized spacial score (nSPS) is 30.4. The van der Waals surface area contributed by atoms with E-state index >= 15 is 0 Å². The number of nitrogens with one attached hydrogen (secondary N) is 1. The highest BCUT2D eigenvalue weighted by atomic mass is 35.5. The first kappa shape index (κ1) is 18.0. The van der Waals surface area contributed by atoms with Gasteiger partial charge in [0.25, 0.3) is 5.91 Å². The molecular weight excluding hydrogens is 374 g/mol. The summed E-state index contributed by atoms with van der Waals surface area (Å²) >= 11 is 6.05. The molecule has 1 heterocycles. The Morgan fingerprint density at radius 3 is 2.54 bits per heavy atom. The lowest BCUT2D eigenvalue weighted by Crippen LogP contribution is -2.59. The van der Waals surface area contributed by atoms with Crippen LogP contribution in [0.15, 0.2) is 30.5 Å². The van der Waals surface area contributed by atoms with Gasteiger partial charge in [-0.15, -0.1) is 0 Å². The van der Waals surface area contributed by atoms with Gasteiger partial charge in [0.05, 0.1) is 0 Å². The maximum atomic E-state index is 12.9. The van der Waals surface area contributed by atoms with Crippen molar-refractivity contribution in [1.82, 2.24) is 15.1 Å². The minimum Gasteiger partial charge on any atom is -0.471 e. The summed E-state index contributed by atoms with van der Waals surface area (Å²) in [5.74, 6) is 3.10. The van der Waals surface area contributed by atoms with Gasteiger partial charge in [0, 0.05) is 16.8 Å². The second-order valence-electron chi connectivity index (χ2n) is 9.08. The molecule has 1 N–H and O–H groups in total. The molecule has 0 spiro atoms. The lowest BCUT2D eigenvalue weighted by Gasteiger charge is -2.56. The number of benzene rings is 1. The molecule has 28 heavy (non-hydrogen) atoms. The van der Waals surface area contributed by atoms with Crippen molar-refractivity contribution in [3.63, 3.8) is 0 Å². The molecule has 148 valence electrons. The molecule has 0 radical (unpaired) electrons. The van der Waals surface area contributed by atoms with Crippen molar-refractivity contribution in [2.24, 2.45) is 17.8 Å². The lowest BCUT2D eigenvalue weighted by molar-refractivity contribution is -0.0168. The number of carbonyl (C=O) groups is 1. The third-order valence-corrected chi connectivity index (χ3v) is 7.21. The first-order valence-corrected chi connectivity index (χ1v) is 10.6. The zero-order valence-electron chi connectivity index (χ0n) is 16.2. The molecule has 0 atom stereocenters. The van der Waals surface area contributed by atoms with Crippen molar-refractivity contribution in [2.75, 3.05) is 0 Å². The van der Waals surface area contributed by atoms with Gasteiger partial charge in [-0.2, -0.15) is 5.10 Å². The second-order valence-corrected chi connectivity index (χ2v) is 9.48. The fourth-order valence-electron chi connectivity index (χ4n) is 5.97. The van der Waals surface area contributed by atoms with Gasteiger partial charge in [-0.25, -0.2) is 4.68 Å². The molecule has 4 saturated carbocycles. The Morgan fingerprint density at radius 1 is 1.21 bits per heavy atom. The molecule has 0 unspecified atom stereocenters. The summed E-state index contributed by atoms with van der Waals surface area (Å²) in [6, 6.07) is 7.32. The monoisotopic (exact) mass is 399 g/mol. The summed E-state index contributed by atoms with van der Waals surface area (Å²) in [7, 11) is 0. The Labute approximate surface area is 170 Å². The third-order valence-electron chi connectivity index (χ3n) is 6.78. The molecule has 0 saturated heterocycles. The number of ether oxygens (including phenoxy) is 1. The van der Waals surface area contributed by atoms with E-state index in [1.807, 2.05) is 25.1 Å². The van der Waals surface area contributed by atoms with Crippen LogP contribution >= 0.6 is 11.6 Å². The maximum absolute atomic E-state index is 12.9. The van der Waals surface area contributed by atoms with Crippen LogP contribution in [0.4, 0.5) is 0 Å². The van der Waals surface area contributed by atoms with Crippen molar-refractivity contribution < 1.29 is 9.53 Å². The Kier molecular flexibility index (Phi) is 4.38. The first-order chi connectivity index (χ1) is 13.5. The molecule has 4 aliphatic rings. The summed E-state index contributed by atoms with van der Waals surface area (Å²) in [4.78, 5) is 12.9. The SMILES string of the molecule is Cc1cc(OCn2ccc(C(=O)NC34CC5CC(CC(C5)C3)C4)n2)ccc1Cl. The van der Waals surface area contributed by atoms with E-state index in [1.165, 1.54) is 19.3 Å². The van der Waals surface area contributed by atoms with Crippen molar-refractivity contribution in [1.29, 1.82) is 0 Å². The molecule has 1 aromatic carbocycles. The quantitative estimate of drug-likeness (QED) is 0.800. The van der Waals surface area contributed by atoms with Gasteiger partial charge in [-0.3, -0.25) is 4.79 Å². The smallest absolute Gasteiger partial charge is 0.272 e. The van der Waals surface area contributed by atoms with Gasteiger partial charge in [0.15, 0.2) is 6.73 Å². The predicted molar refractivity (Wildman–Crippen MR) is 107 cm³/mol. The van der Waals surface area contributed by atoms with Crippen LogP contribution in [0.3, 0.4) is 0 Å². The number of rotatable bonds is 5. The molecule has 6 rings (SSSR count). The molecule has 1 amide bonds. The minimum atomic E-state index is -0.0527. The van der Waals surface area contributed by atoms with Crippen molar-refractivity contribution in [3.05, 3.63) is 46.7 Å². The Morgan fingerprint density at radius 2 is 1.89 bits per heavy atom. The Bertz CT molecular complexity index is 872. The van der Waals surface area contributed by atoms with Crippen LogP contribution in [0, 0.1) is 24.7 Å². The average molecular weight is 400 g/mol. The summed E-state index contributed by atoms with van der Waals surface area (Å²) in [6.45, 7) is 2.20. The first-order valence-electron chi connectivity index (χ1n) is 10.2. The maximum Gasteiger partial charge on any atom is 0.272 e. The number of hydrogen-bond donors (Lipinski definition) is 1. The van der Waals surface area contributed by atoms with E-state index in [1.54, 1.807) is 16.9 Å². The highest BCUT2D eigenvalue weighted by molar-refractivity contribution is 6.31. The number of hydrogen-bond acceptors (Lipinski definition) is 3. The molecule has 2 aromatic rings. The van der Waals surface area contributed by atoms with Crippen LogP contribution in [0.25, 0.3) is 0 Å². The molecule has 4 bridgehead atoms. The van der Waals surface area contributed by atoms with E-state index in [-0.39, 0.29) is 18.2 Å². The lowest BCUT2D eigenvalue weighted by atomic mass is 9.53. The van der Waals surface area contributed by atoms with E-state index in [9.17, 15) is 4.79 Å². The van der Waals surface area contributed by atoms with Crippen LogP contribution in [-0.4, -0.2) is 21.2 Å². The molecule has 6 heteroatoms. The molecular formula is C22H26ClN3O2. The van der Waals surface area contributed by atoms with Crippen LogP contribution < -0.4 is 10.1 Å². The highest BCUT2D eigenvalue weighted by Gasteiger charge is 2.51. The number of aryl methyl sites for hydroxylation is 1. The molecule has 0 aliphatic heterocycles. The van der Waals surface area contributed by atoms with Gasteiger partial charge >= 0.3 is 0 Å². The van der Waals surface area contributed by atoms with E-state index < -0.39 is 0 Å². The standard InChI is InChI=1S/C22H26ClN3O2/c1-14-6-18(2-3-19(14)23)28-13-26-5-4-20(25-26)21(27)24-22-10-15-7-16(11-22)9-17(8-15)12-22/h2-6,15-17H,7-13H2,1H3,(H,24,27). The third kappa shape index (κ3) is 3.41. The van der Waals surface area contributed by atoms with Crippen LogP contribution in [0.5, 0.6) is 5.75 Å². The van der Waals surface area contributed by atoms with Crippen molar-refractivity contribution >= 4 is 17.5 Å². The van der Waals surface area contributed by atoms with E-state index in [0.29, 0.717) is 5.69 Å². The molecule has 1 aromatic heterocycles. The van der Waals surface area contributed by atoms with Gasteiger partial charge in [-0.1, -0.05) is 11.6 Å². The van der Waals surface area contributed by atoms with Gasteiger partial charge in [0.1, 0.15) is 11.4 Å². The number of nitrogens with zero attached hydrogens (tertiary/aromatic N) is 2. The van der Waals surface area contributed by atoms with E-state index in [0.717, 1.165) is 53.4 Å². The summed E-state index contributed by atoms with van der Waals surface area (Å²) in [5, 5.41) is 8.51. The topological polar surface area (TPSA) is 56.1 Å². The van der Waals surface area contributed by atoms with Crippen LogP contribution in [0.1, 0.15) is 54.6 Å². The average Bonchev–Trinajstić information content (AvgIpc) is 3.10. The Balaban J connectivity index is 1.22. The van der Waals surface area contributed by atoms with Crippen LogP contribution in [-0.2, 0) is 6.73 Å². The van der Waals surface area contributed by atoms with E-state index in [2.05, 4.69) is 10.4 Å². The van der Waals surface area contributed by atoms with Gasteiger partial charge < -0.3 is 10.1 Å². The number of aromatic nitrogens is 2. The fourth-order valence-corrected chi connectivity index (χ4v) is 6.09. The molecule has 4 aliphatic carbocycles. The fraction of sp³-hybridized carbons (Fsp3) is 0.545. The zero-order valence-corrected chi connectivity index (χ0v) is 16.9. The van der Waals surface area contributed by atoms with Crippen LogP contribution in [0.2, 0.25) is 5.02 Å². The number of carbonyl (C=O) groups excluding carboxylic acids is 1. The summed E-state index contributed by atoms with van der Waals surface area (Å²) in [6.07, 6.45) is 9.32. The zero-order chi connectivity index (χ0) is 19.3. The largest absolute Gasteiger partial charge is 0.471 e. The van der Waals surface area contributed by atoms with Crippen molar-refractivity contribution in [2.45, 2.75) is 57.7 Å². The predicted octanol–water partition coefficient (Wildman–Crippen LogP) is 4.58. The van der Waals surface area contributed by atoms with E-state index in [4.69, 9.17) is 16.3 Å². The van der Waals surface area contributed by atoms with Gasteiger partial charge in [0.2, 0.25) is 0 Å². The number of halogens is 1. The minimum absolute atomic E-state index is 0.00689.